The molecule has 706 valence electrons. The Morgan fingerprint density at radius 2 is 0.715 bits per heavy atom. The zero-order valence-corrected chi connectivity index (χ0v) is 79.8. The Kier molecular flexibility index (Phi) is 28.6. The fourth-order valence-electron chi connectivity index (χ4n) is 23.4. The van der Waals surface area contributed by atoms with Crippen LogP contribution in [0.4, 0.5) is 0 Å². The van der Waals surface area contributed by atoms with E-state index in [0.717, 1.165) is 264 Å². The summed E-state index contributed by atoms with van der Waals surface area (Å²) in [5.41, 5.74) is 27.9. The first-order chi connectivity index (χ1) is 67.1. The van der Waals surface area contributed by atoms with Crippen LogP contribution in [0.1, 0.15) is 160 Å². The summed E-state index contributed by atoms with van der Waals surface area (Å²) in [7, 11) is 4.28. The molecule has 3 aromatic carbocycles. The molecule has 0 unspecified atom stereocenters. The largest absolute Gasteiger partial charge is 0.350 e. The van der Waals surface area contributed by atoms with Crippen molar-refractivity contribution in [3.05, 3.63) is 285 Å². The van der Waals surface area contributed by atoms with Crippen molar-refractivity contribution < 1.29 is 24.0 Å². The van der Waals surface area contributed by atoms with Gasteiger partial charge in [0.05, 0.1) is 54.5 Å². The van der Waals surface area contributed by atoms with Gasteiger partial charge in [0.25, 0.3) is 0 Å². The number of carbonyl (C=O) groups excluding carboxylic acids is 5. The molecule has 4 saturated heterocycles. The van der Waals surface area contributed by atoms with E-state index >= 15 is 0 Å². The van der Waals surface area contributed by atoms with Crippen LogP contribution in [-0.4, -0.2) is 268 Å². The monoisotopic (exact) mass is 1830 g/mol. The number of hydrogen-bond donors (Lipinski definition) is 0. The summed E-state index contributed by atoms with van der Waals surface area (Å²) in [5.74, 6) is 2.86. The number of pyridine rings is 4. The summed E-state index contributed by atoms with van der Waals surface area (Å²) in [4.78, 5) is 124. The molecule has 20 heterocycles. The number of piperidine rings is 4. The zero-order valence-electron chi connectivity index (χ0n) is 79.8. The topological polar surface area (TPSA) is 239 Å². The van der Waals surface area contributed by atoms with E-state index in [1.54, 1.807) is 23.9 Å². The fraction of sp³-hybridized carbons (Fsp3) is 0.429. The van der Waals surface area contributed by atoms with Gasteiger partial charge >= 0.3 is 0 Å². The fourth-order valence-corrected chi connectivity index (χ4v) is 23.4. The van der Waals surface area contributed by atoms with Crippen molar-refractivity contribution in [3.8, 4) is 0 Å². The number of aryl methyl sites for hydroxylation is 2. The third kappa shape index (κ3) is 21.4. The maximum atomic E-state index is 13.4. The lowest BCUT2D eigenvalue weighted by Gasteiger charge is -2.35. The highest BCUT2D eigenvalue weighted by molar-refractivity contribution is 6.17. The predicted molar refractivity (Wildman–Crippen MR) is 542 cm³/mol. The molecule has 10 aromatic rings. The van der Waals surface area contributed by atoms with Gasteiger partial charge in [-0.15, -0.1) is 0 Å². The second-order valence-electron chi connectivity index (χ2n) is 39.9. The molecule has 4 atom stereocenters. The molecule has 0 spiro atoms. The van der Waals surface area contributed by atoms with Gasteiger partial charge in [-0.1, -0.05) is 60.7 Å². The molecular formula is C112H128N20O5. The average Bonchev–Trinajstić information content (AvgIpc) is 1.63. The molecule has 4 amide bonds. The molecule has 137 heavy (non-hydrogen) atoms. The summed E-state index contributed by atoms with van der Waals surface area (Å²) in [6, 6.07) is 43.7. The van der Waals surface area contributed by atoms with Crippen molar-refractivity contribution in [3.63, 3.8) is 0 Å². The first-order valence-corrected chi connectivity index (χ1v) is 50.2. The van der Waals surface area contributed by atoms with E-state index in [-0.39, 0.29) is 11.8 Å². The molecule has 25 nitrogen and oxygen atoms in total. The van der Waals surface area contributed by atoms with Gasteiger partial charge in [0.1, 0.15) is 0 Å². The number of para-hydroxylation sites is 3. The molecular weight excluding hydrogens is 1710 g/mol. The Labute approximate surface area is 804 Å². The van der Waals surface area contributed by atoms with E-state index in [0.29, 0.717) is 93.3 Å². The molecule has 0 radical (unpaired) electrons. The number of fused-ring (bicyclic) bond motifs is 3. The Morgan fingerprint density at radius 1 is 0.372 bits per heavy atom. The second kappa shape index (κ2) is 42.5. The number of aromatic nitrogens is 7. The maximum absolute atomic E-state index is 13.4. The zero-order chi connectivity index (χ0) is 93.2. The molecule has 0 saturated carbocycles. The molecule has 25 heteroatoms. The normalized spacial score (nSPS) is 21.4. The minimum Gasteiger partial charge on any atom is -0.350 e. The summed E-state index contributed by atoms with van der Waals surface area (Å²) < 4.78 is 6.29. The predicted octanol–water partition coefficient (Wildman–Crippen LogP) is 15.6. The van der Waals surface area contributed by atoms with Crippen LogP contribution in [0.5, 0.6) is 0 Å². The Morgan fingerprint density at radius 3 is 1.09 bits per heavy atom. The maximum Gasteiger partial charge on any atom is 0.227 e. The molecule has 23 rings (SSSR count). The van der Waals surface area contributed by atoms with Crippen LogP contribution in [0, 0.1) is 23.7 Å². The van der Waals surface area contributed by atoms with Gasteiger partial charge in [0.2, 0.25) is 29.5 Å². The molecule has 4 fully saturated rings. The number of rotatable bonds is 20. The van der Waals surface area contributed by atoms with Crippen LogP contribution in [-0.2, 0) is 52.9 Å². The summed E-state index contributed by atoms with van der Waals surface area (Å²) in [6.07, 6.45) is 39.1. The van der Waals surface area contributed by atoms with E-state index < -0.39 is 0 Å². The van der Waals surface area contributed by atoms with Crippen LogP contribution in [0.25, 0.3) is 32.7 Å². The van der Waals surface area contributed by atoms with Crippen LogP contribution in [0.2, 0.25) is 0 Å². The smallest absolute Gasteiger partial charge is 0.227 e. The minimum absolute atomic E-state index is 0.0313. The lowest BCUT2D eigenvalue weighted by molar-refractivity contribution is -0.133. The van der Waals surface area contributed by atoms with E-state index in [1.807, 2.05) is 121 Å². The number of amides is 4. The number of allylic oxidation sites excluding steroid dienone is 1. The third-order valence-corrected chi connectivity index (χ3v) is 30.6. The third-order valence-electron chi connectivity index (χ3n) is 30.6. The Hall–Kier alpha value is -12.7. The molecule has 7 aromatic heterocycles. The lowest BCUT2D eigenvalue weighted by atomic mass is 9.92. The Balaban J connectivity index is 0.000000113. The van der Waals surface area contributed by atoms with Crippen molar-refractivity contribution in [2.75, 3.05) is 137 Å². The minimum atomic E-state index is 0.0313. The van der Waals surface area contributed by atoms with Crippen molar-refractivity contribution >= 4 is 90.8 Å². The number of benzene rings is 3. The van der Waals surface area contributed by atoms with Gasteiger partial charge in [-0.25, -0.2) is 0 Å². The number of nitrogens with zero attached hydrogens (tertiary/aromatic N) is 20. The Bertz CT molecular complexity index is 6480. The van der Waals surface area contributed by atoms with Gasteiger partial charge in [-0.3, -0.25) is 93.0 Å². The van der Waals surface area contributed by atoms with E-state index in [1.165, 1.54) is 95.3 Å². The average molecular weight is 1830 g/mol. The quantitative estimate of drug-likeness (QED) is 0.0690. The number of hydrogen-bond acceptors (Lipinski definition) is 18. The van der Waals surface area contributed by atoms with Crippen molar-refractivity contribution in [1.29, 1.82) is 0 Å². The van der Waals surface area contributed by atoms with Gasteiger partial charge in [-0.05, 0) is 261 Å². The van der Waals surface area contributed by atoms with Crippen molar-refractivity contribution in [1.82, 2.24) is 72.8 Å². The highest BCUT2D eigenvalue weighted by Gasteiger charge is 2.38. The van der Waals surface area contributed by atoms with E-state index in [2.05, 4.69) is 155 Å². The van der Waals surface area contributed by atoms with Crippen LogP contribution < -0.4 is 0 Å². The lowest BCUT2D eigenvalue weighted by Crippen LogP contribution is -2.42. The number of carbonyl (C=O) groups is 5. The standard InChI is InChI=1S/C30H33N5O2.2C29H33N5O.C24H29N5O/c1-21(36)35-19-25(26-6-2-3-7-28(26)35)18-33-13-4-5-22(17-33)15-29(37)34-14-10-24-16-32-30(27(24)20-34)23-8-11-31-12-9-23;1-32-25(16-23-6-2-3-7-27(23)32)19-33-13-4-5-21(18-33)15-28(35)34-14-10-24-17-31-29(26(24)20-34)22-8-11-30-12-9-22;1-32-18-24(25-6-2-3-7-27(25)32)19-33-13-4-5-21(17-33)15-28(35)34-14-10-23-16-31-29(26(23)20-34)22-8-11-30-12-9-22;30-23(13-18-3-2-11-28(15-18)16-21-4-1-8-26-21)29-12-7-20-14-27-24(22(20)17-29)19-5-9-25-10-6-19/h2-3,6-9,11-12,19,22H,4-5,10,13-18,20H2,1H3;2-3,6-9,11-12,16,21H,4-5,10,13-15,17-20H2,1H3;2-3,6-9,11-12,18,21H,4-5,10,13-17,19-20H2,1H3;1,5-6,8-10,18H,2-4,7,11-17H2/t22-;2*21-;18-/m0000/s1. The van der Waals surface area contributed by atoms with Gasteiger partial charge < -0.3 is 28.7 Å². The summed E-state index contributed by atoms with van der Waals surface area (Å²) in [6.45, 7) is 22.7. The molecule has 13 aliphatic rings. The highest BCUT2D eigenvalue weighted by atomic mass is 16.2. The van der Waals surface area contributed by atoms with Gasteiger partial charge in [0.15, 0.2) is 0 Å². The molecule has 0 bridgehead atoms. The van der Waals surface area contributed by atoms with Crippen LogP contribution in [0.15, 0.2) is 271 Å². The van der Waals surface area contributed by atoms with Crippen molar-refractivity contribution in [2.45, 2.75) is 136 Å². The summed E-state index contributed by atoms with van der Waals surface area (Å²) in [5, 5.41) is 3.78. The van der Waals surface area contributed by atoms with Crippen molar-refractivity contribution in [2.24, 2.45) is 62.7 Å². The van der Waals surface area contributed by atoms with Crippen LogP contribution in [0.3, 0.4) is 0 Å². The molecule has 0 N–H and O–H groups in total. The van der Waals surface area contributed by atoms with Crippen LogP contribution >= 0.6 is 0 Å². The van der Waals surface area contributed by atoms with Gasteiger partial charge in [0, 0.05) is 281 Å². The SMILES string of the molecule is CC(=O)n1cc(CN2CCC[C@@H](CC(=O)N3CCC4=C(C3)C(c3ccncc3)=NC4)C2)c2ccccc21.Cn1c(CN2CCC[C@@H](CC(=O)N3CCC4=C(C3)C(c3ccncc3)=NC4)C2)cc2ccccc21.Cn1cc(CN2CCC[C@@H](CC(=O)N3CCC4=C(C3)C(c3ccncc3)=NC4)C2)c2ccccc21.O=C(C[C@@H]1CCCN(CC2=NC=CC2)C1)N1CCC2=C(C1)C(c1ccncc1)=NC2. The number of aliphatic imine (C=N–C) groups is 5. The van der Waals surface area contributed by atoms with Gasteiger partial charge in [-0.2, -0.15) is 0 Å². The van der Waals surface area contributed by atoms with E-state index in [9.17, 15) is 24.0 Å². The second-order valence-corrected chi connectivity index (χ2v) is 39.9. The number of likely N-dealkylation sites (tertiary alicyclic amines) is 4. The first kappa shape index (κ1) is 92.0. The summed E-state index contributed by atoms with van der Waals surface area (Å²) >= 11 is 0. The molecule has 13 aliphatic heterocycles. The molecule has 0 aliphatic carbocycles. The first-order valence-electron chi connectivity index (χ1n) is 50.2. The highest BCUT2D eigenvalue weighted by Crippen LogP contribution is 2.38. The van der Waals surface area contributed by atoms with E-state index in [4.69, 9.17) is 20.0 Å².